The van der Waals surface area contributed by atoms with E-state index in [1.807, 2.05) is 12.1 Å². The van der Waals surface area contributed by atoms with Gasteiger partial charge in [0.1, 0.15) is 24.0 Å². The number of rotatable bonds is 7. The van der Waals surface area contributed by atoms with Crippen LogP contribution in [-0.4, -0.2) is 25.9 Å². The predicted octanol–water partition coefficient (Wildman–Crippen LogP) is 5.22. The number of nitrogens with zero attached hydrogens (tertiary/aromatic N) is 1. The molecule has 2 aromatic carbocycles. The molecule has 0 fully saturated rings. The van der Waals surface area contributed by atoms with Crippen LogP contribution in [0.2, 0.25) is 5.02 Å². The maximum Gasteiger partial charge on any atom is 0.360 e. The van der Waals surface area contributed by atoms with Crippen molar-refractivity contribution in [3.8, 4) is 5.75 Å². The third kappa shape index (κ3) is 5.89. The first-order valence-corrected chi connectivity index (χ1v) is 8.82. The van der Waals surface area contributed by atoms with Gasteiger partial charge in [-0.15, -0.1) is 0 Å². The first-order chi connectivity index (χ1) is 13.0. The minimum absolute atomic E-state index is 0.0440. The summed E-state index contributed by atoms with van der Waals surface area (Å²) in [7, 11) is 2.63. The molecule has 27 heavy (non-hydrogen) atoms. The third-order valence-electron chi connectivity index (χ3n) is 3.45. The maximum absolute atomic E-state index is 12.0. The van der Waals surface area contributed by atoms with Crippen molar-refractivity contribution < 1.29 is 19.1 Å². The van der Waals surface area contributed by atoms with Crippen molar-refractivity contribution in [3.63, 3.8) is 0 Å². The number of carbonyl (C=O) groups excluding carboxylic acids is 1. The van der Waals surface area contributed by atoms with Gasteiger partial charge in [-0.1, -0.05) is 70.3 Å². The predicted molar refractivity (Wildman–Crippen MR) is 107 cm³/mol. The van der Waals surface area contributed by atoms with E-state index in [0.717, 1.165) is 5.56 Å². The molecule has 0 aliphatic rings. The molecule has 0 atom stereocenters. The Morgan fingerprint density at radius 3 is 2.52 bits per heavy atom. The van der Waals surface area contributed by atoms with Gasteiger partial charge in [-0.3, -0.25) is 0 Å². The highest BCUT2D eigenvalue weighted by molar-refractivity contribution is 6.57. The molecular weight excluding hydrogens is 413 g/mol. The van der Waals surface area contributed by atoms with Gasteiger partial charge in [0.05, 0.1) is 12.1 Å². The first-order valence-electron chi connectivity index (χ1n) is 7.69. The smallest absolute Gasteiger partial charge is 0.360 e. The molecule has 0 saturated carbocycles. The van der Waals surface area contributed by atoms with E-state index in [1.165, 1.54) is 14.2 Å². The molecule has 0 radical (unpaired) electrons. The minimum Gasteiger partial charge on any atom is -0.487 e. The van der Waals surface area contributed by atoms with Gasteiger partial charge >= 0.3 is 5.97 Å². The Kier molecular flexibility index (Phi) is 7.98. The largest absolute Gasteiger partial charge is 0.487 e. The van der Waals surface area contributed by atoms with Gasteiger partial charge in [0.15, 0.2) is 5.71 Å². The molecule has 0 N–H and O–H groups in total. The van der Waals surface area contributed by atoms with Crippen LogP contribution in [-0.2, 0) is 21.0 Å². The van der Waals surface area contributed by atoms with Crippen molar-refractivity contribution >= 4 is 52.6 Å². The monoisotopic (exact) mass is 427 g/mol. The average molecular weight is 429 g/mol. The lowest BCUT2D eigenvalue weighted by Gasteiger charge is -2.13. The second-order valence-corrected chi connectivity index (χ2v) is 6.60. The molecule has 0 aliphatic heterocycles. The fourth-order valence-electron chi connectivity index (χ4n) is 2.27. The zero-order chi connectivity index (χ0) is 19.8. The third-order valence-corrected chi connectivity index (χ3v) is 3.96. The highest BCUT2D eigenvalue weighted by atomic mass is 35.5. The van der Waals surface area contributed by atoms with Crippen molar-refractivity contribution in [1.82, 2.24) is 0 Å². The van der Waals surface area contributed by atoms with E-state index >= 15 is 0 Å². The number of benzene rings is 2. The number of hydrogen-bond donors (Lipinski definition) is 0. The van der Waals surface area contributed by atoms with Crippen LogP contribution in [0.4, 0.5) is 0 Å². The Hall–Kier alpha value is -2.21. The van der Waals surface area contributed by atoms with E-state index in [0.29, 0.717) is 21.9 Å². The molecule has 0 bridgehead atoms. The van der Waals surface area contributed by atoms with E-state index in [9.17, 15) is 4.79 Å². The lowest BCUT2D eigenvalue weighted by Crippen LogP contribution is -2.19. The van der Waals surface area contributed by atoms with Crippen LogP contribution in [0.25, 0.3) is 6.08 Å². The number of hydrogen-bond acceptors (Lipinski definition) is 5. The second kappa shape index (κ2) is 10.2. The Morgan fingerprint density at radius 1 is 1.15 bits per heavy atom. The summed E-state index contributed by atoms with van der Waals surface area (Å²) < 4.78 is 10.7. The van der Waals surface area contributed by atoms with E-state index in [-0.39, 0.29) is 16.8 Å². The summed E-state index contributed by atoms with van der Waals surface area (Å²) in [5.41, 5.74) is 2.04. The van der Waals surface area contributed by atoms with Crippen molar-refractivity contribution in [2.45, 2.75) is 6.61 Å². The molecule has 0 aromatic heterocycles. The van der Waals surface area contributed by atoms with Gasteiger partial charge in [0.2, 0.25) is 0 Å². The summed E-state index contributed by atoms with van der Waals surface area (Å²) in [5, 5.41) is 4.16. The van der Waals surface area contributed by atoms with Crippen LogP contribution in [0, 0.1) is 0 Å². The number of esters is 1. The molecule has 8 heteroatoms. The highest BCUT2D eigenvalue weighted by Gasteiger charge is 2.19. The first kappa shape index (κ1) is 21.1. The summed E-state index contributed by atoms with van der Waals surface area (Å²) in [6.07, 6.45) is 1.57. The molecule has 0 heterocycles. The van der Waals surface area contributed by atoms with E-state index < -0.39 is 5.97 Å². The van der Waals surface area contributed by atoms with Crippen LogP contribution in [0.5, 0.6) is 5.75 Å². The minimum atomic E-state index is -0.614. The summed E-state index contributed by atoms with van der Waals surface area (Å²) in [6, 6.07) is 12.3. The van der Waals surface area contributed by atoms with E-state index in [1.54, 1.807) is 36.4 Å². The van der Waals surface area contributed by atoms with Crippen LogP contribution in [0.3, 0.4) is 0 Å². The van der Waals surface area contributed by atoms with Gasteiger partial charge < -0.3 is 14.3 Å². The molecule has 0 amide bonds. The summed E-state index contributed by atoms with van der Waals surface area (Å²) in [5.74, 6) is -0.144. The quantitative estimate of drug-likeness (QED) is 0.345. The molecule has 0 aliphatic carbocycles. The lowest BCUT2D eigenvalue weighted by atomic mass is 10.0. The number of ether oxygens (including phenoxy) is 2. The zero-order valence-corrected chi connectivity index (χ0v) is 16.8. The molecule has 142 valence electrons. The van der Waals surface area contributed by atoms with Gasteiger partial charge in [0.25, 0.3) is 0 Å². The van der Waals surface area contributed by atoms with E-state index in [2.05, 4.69) is 5.16 Å². The zero-order valence-electron chi connectivity index (χ0n) is 14.5. The van der Waals surface area contributed by atoms with Crippen molar-refractivity contribution in [2.24, 2.45) is 5.16 Å². The van der Waals surface area contributed by atoms with Crippen LogP contribution in [0.15, 0.2) is 52.1 Å². The van der Waals surface area contributed by atoms with Crippen molar-refractivity contribution in [3.05, 3.63) is 68.7 Å². The topological polar surface area (TPSA) is 57.1 Å². The van der Waals surface area contributed by atoms with Crippen molar-refractivity contribution in [1.29, 1.82) is 0 Å². The Bertz CT molecular complexity index is 877. The number of methoxy groups -OCH3 is 1. The molecule has 5 nitrogen and oxygen atoms in total. The molecular formula is C19H16Cl3NO4. The fraction of sp³-hybridized carbons (Fsp3) is 0.158. The standard InChI is InChI=1S/C19H16Cl3NO4/c1-25-19(24)18(23-26-2)14-6-4-3-5-13(14)11-27-16-8-7-12(9-15(16)20)10-17(21)22/h3-10H,11H2,1-2H3/b23-18-. The van der Waals surface area contributed by atoms with Gasteiger partial charge in [-0.25, -0.2) is 4.79 Å². The van der Waals surface area contributed by atoms with Crippen LogP contribution in [0.1, 0.15) is 16.7 Å². The maximum atomic E-state index is 12.0. The summed E-state index contributed by atoms with van der Waals surface area (Å²) in [4.78, 5) is 16.7. The van der Waals surface area contributed by atoms with Crippen LogP contribution >= 0.6 is 34.8 Å². The molecule has 0 saturated heterocycles. The van der Waals surface area contributed by atoms with E-state index in [4.69, 9.17) is 49.1 Å². The number of oxime groups is 1. The SMILES string of the molecule is CO/N=C(\C(=O)OC)c1ccccc1COc1ccc(C=C(Cl)Cl)cc1Cl. The molecule has 2 aromatic rings. The highest BCUT2D eigenvalue weighted by Crippen LogP contribution is 2.28. The lowest BCUT2D eigenvalue weighted by molar-refractivity contribution is -0.132. The second-order valence-electron chi connectivity index (χ2n) is 5.18. The number of carbonyl (C=O) groups is 1. The molecule has 0 unspecified atom stereocenters. The Labute approximate surface area is 172 Å². The summed E-state index contributed by atoms with van der Waals surface area (Å²) in [6.45, 7) is 0.154. The average Bonchev–Trinajstić information content (AvgIpc) is 2.65. The number of halogens is 3. The van der Waals surface area contributed by atoms with Gasteiger partial charge in [0, 0.05) is 5.56 Å². The molecule has 0 spiro atoms. The normalized spacial score (nSPS) is 10.9. The van der Waals surface area contributed by atoms with Gasteiger partial charge in [-0.05, 0) is 29.3 Å². The molecule has 2 rings (SSSR count). The van der Waals surface area contributed by atoms with Gasteiger partial charge in [-0.2, -0.15) is 0 Å². The van der Waals surface area contributed by atoms with Crippen LogP contribution < -0.4 is 4.74 Å². The Morgan fingerprint density at radius 2 is 1.89 bits per heavy atom. The Balaban J connectivity index is 2.26. The fourth-order valence-corrected chi connectivity index (χ4v) is 2.76. The van der Waals surface area contributed by atoms with Crippen molar-refractivity contribution in [2.75, 3.05) is 14.2 Å². The summed E-state index contributed by atoms with van der Waals surface area (Å²) >= 11 is 17.5.